The quantitative estimate of drug-likeness (QED) is 0.506. The van der Waals surface area contributed by atoms with E-state index in [-0.39, 0.29) is 18.3 Å². The van der Waals surface area contributed by atoms with Crippen molar-refractivity contribution in [2.45, 2.75) is 32.0 Å². The molecule has 0 amide bonds. The van der Waals surface area contributed by atoms with Crippen molar-refractivity contribution in [3.8, 4) is 5.75 Å². The van der Waals surface area contributed by atoms with Gasteiger partial charge in [-0.2, -0.15) is 5.10 Å². The fourth-order valence-electron chi connectivity index (χ4n) is 4.46. The van der Waals surface area contributed by atoms with Crippen LogP contribution in [0.3, 0.4) is 0 Å². The Bertz CT molecular complexity index is 1130. The van der Waals surface area contributed by atoms with Crippen LogP contribution in [0.15, 0.2) is 54.6 Å². The summed E-state index contributed by atoms with van der Waals surface area (Å²) in [5.74, 6) is -0.276. The van der Waals surface area contributed by atoms with Crippen molar-refractivity contribution in [1.29, 1.82) is 0 Å². The van der Waals surface area contributed by atoms with Gasteiger partial charge in [-0.05, 0) is 42.8 Å². The van der Waals surface area contributed by atoms with Crippen LogP contribution < -0.4 is 14.5 Å². The van der Waals surface area contributed by atoms with Gasteiger partial charge < -0.3 is 19.6 Å². The first-order valence-corrected chi connectivity index (χ1v) is 10.8. The molecule has 10 heteroatoms. The molecule has 2 aromatic carbocycles. The Morgan fingerprint density at radius 1 is 1.12 bits per heavy atom. The maximum absolute atomic E-state index is 13.3. The van der Waals surface area contributed by atoms with Crippen molar-refractivity contribution in [1.82, 2.24) is 9.78 Å². The van der Waals surface area contributed by atoms with Gasteiger partial charge in [0.2, 0.25) is 0 Å². The number of rotatable bonds is 7. The number of halogens is 4. The van der Waals surface area contributed by atoms with Gasteiger partial charge in [0, 0.05) is 26.7 Å². The molecule has 1 aromatic heterocycles. The molecule has 3 aromatic rings. The number of anilines is 2. The van der Waals surface area contributed by atoms with Gasteiger partial charge >= 0.3 is 6.36 Å². The average Bonchev–Trinajstić information content (AvgIpc) is 3.11. The number of para-hydroxylation sites is 2. The molecule has 2 heterocycles. The lowest BCUT2D eigenvalue weighted by molar-refractivity contribution is -0.274. The Morgan fingerprint density at radius 3 is 2.50 bits per heavy atom. The summed E-state index contributed by atoms with van der Waals surface area (Å²) in [6.07, 6.45) is -5.93. The molecule has 0 unspecified atom stereocenters. The van der Waals surface area contributed by atoms with Gasteiger partial charge in [0.05, 0.1) is 34.9 Å². The average molecular weight is 478 g/mol. The number of aliphatic hydroxyl groups is 1. The van der Waals surface area contributed by atoms with Gasteiger partial charge in [-0.3, -0.25) is 4.68 Å². The number of hydrogen-bond donors (Lipinski definition) is 1. The van der Waals surface area contributed by atoms with Crippen molar-refractivity contribution in [2.24, 2.45) is 7.05 Å². The van der Waals surface area contributed by atoms with Gasteiger partial charge in [0.25, 0.3) is 0 Å². The topological polar surface area (TPSA) is 53.8 Å². The van der Waals surface area contributed by atoms with E-state index >= 15 is 0 Å². The highest BCUT2D eigenvalue weighted by molar-refractivity contribution is 5.74. The Morgan fingerprint density at radius 2 is 1.85 bits per heavy atom. The summed E-state index contributed by atoms with van der Waals surface area (Å²) in [4.78, 5) is 4.03. The summed E-state index contributed by atoms with van der Waals surface area (Å²) in [6, 6.07) is 15.1. The number of alkyl halides is 4. The van der Waals surface area contributed by atoms with E-state index < -0.39 is 19.1 Å². The number of aliphatic hydroxyl groups excluding tert-OH is 1. The van der Waals surface area contributed by atoms with E-state index in [1.807, 2.05) is 49.2 Å². The first-order valence-electron chi connectivity index (χ1n) is 10.8. The minimum absolute atomic E-state index is 0.0884. The number of hydrogen-bond acceptors (Lipinski definition) is 5. The smallest absolute Gasteiger partial charge is 0.406 e. The second kappa shape index (κ2) is 9.54. The molecule has 34 heavy (non-hydrogen) atoms. The molecule has 0 aliphatic carbocycles. The third-order valence-corrected chi connectivity index (χ3v) is 5.77. The monoisotopic (exact) mass is 478 g/mol. The van der Waals surface area contributed by atoms with E-state index in [0.29, 0.717) is 18.7 Å². The standard InChI is InChI=1S/C24H26F4N4O2/c1-16-10-22(30(2)29-16)23-15-31(13-17-6-5-7-19(11-17)34-24(26,27)28)20-8-3-4-9-21(20)32(23)14-18(33)12-25/h3-11,18,23,33H,12-15H2,1-2H3/t18-,23-/m0/s1. The minimum Gasteiger partial charge on any atom is -0.406 e. The van der Waals surface area contributed by atoms with Crippen LogP contribution in [0.4, 0.5) is 28.9 Å². The Balaban J connectivity index is 1.71. The molecule has 4 rings (SSSR count). The number of benzene rings is 2. The number of nitrogens with zero attached hydrogens (tertiary/aromatic N) is 4. The highest BCUT2D eigenvalue weighted by Crippen LogP contribution is 2.42. The van der Waals surface area contributed by atoms with Crippen LogP contribution in [0.5, 0.6) is 5.75 Å². The second-order valence-corrected chi connectivity index (χ2v) is 8.37. The molecular formula is C24H26F4N4O2. The lowest BCUT2D eigenvalue weighted by atomic mass is 10.0. The fourth-order valence-corrected chi connectivity index (χ4v) is 4.46. The zero-order chi connectivity index (χ0) is 24.5. The predicted octanol–water partition coefficient (Wildman–Crippen LogP) is 4.53. The zero-order valence-electron chi connectivity index (χ0n) is 18.8. The van der Waals surface area contributed by atoms with Gasteiger partial charge in [0.15, 0.2) is 0 Å². The van der Waals surface area contributed by atoms with Crippen LogP contribution >= 0.6 is 0 Å². The number of fused-ring (bicyclic) bond motifs is 1. The van der Waals surface area contributed by atoms with Crippen molar-refractivity contribution in [3.63, 3.8) is 0 Å². The summed E-state index contributed by atoms with van der Waals surface area (Å²) in [5, 5.41) is 14.6. The minimum atomic E-state index is -4.77. The molecule has 1 N–H and O–H groups in total. The van der Waals surface area contributed by atoms with Crippen LogP contribution in [0, 0.1) is 6.92 Å². The highest BCUT2D eigenvalue weighted by atomic mass is 19.4. The summed E-state index contributed by atoms with van der Waals surface area (Å²) in [7, 11) is 1.83. The van der Waals surface area contributed by atoms with Crippen LogP contribution in [-0.2, 0) is 13.6 Å². The number of β-amino-alcohol motifs (C(OH)–C–C–N with tert-alkyl or cyclic N) is 1. The lowest BCUT2D eigenvalue weighted by Gasteiger charge is -2.45. The van der Waals surface area contributed by atoms with E-state index in [9.17, 15) is 22.7 Å². The van der Waals surface area contributed by atoms with Gasteiger partial charge in [-0.1, -0.05) is 24.3 Å². The normalized spacial score (nSPS) is 17.0. The molecule has 0 bridgehead atoms. The molecular weight excluding hydrogens is 452 g/mol. The third-order valence-electron chi connectivity index (χ3n) is 5.77. The van der Waals surface area contributed by atoms with Crippen LogP contribution in [0.2, 0.25) is 0 Å². The van der Waals surface area contributed by atoms with E-state index in [1.165, 1.54) is 18.2 Å². The van der Waals surface area contributed by atoms with E-state index in [0.717, 1.165) is 22.8 Å². The third kappa shape index (κ3) is 5.27. The van der Waals surface area contributed by atoms with E-state index in [1.54, 1.807) is 10.7 Å². The zero-order valence-corrected chi connectivity index (χ0v) is 18.8. The molecule has 0 fully saturated rings. The van der Waals surface area contributed by atoms with Crippen molar-refractivity contribution in [3.05, 3.63) is 71.5 Å². The molecule has 0 saturated heterocycles. The van der Waals surface area contributed by atoms with Gasteiger partial charge in [-0.15, -0.1) is 13.2 Å². The summed E-state index contributed by atoms with van der Waals surface area (Å²) < 4.78 is 57.2. The lowest BCUT2D eigenvalue weighted by Crippen LogP contribution is -2.47. The molecule has 2 atom stereocenters. The van der Waals surface area contributed by atoms with Crippen molar-refractivity contribution >= 4 is 11.4 Å². The molecule has 0 saturated carbocycles. The van der Waals surface area contributed by atoms with Crippen LogP contribution in [0.1, 0.15) is 23.0 Å². The first kappa shape index (κ1) is 23.9. The summed E-state index contributed by atoms with van der Waals surface area (Å²) in [6.45, 7) is 1.89. The van der Waals surface area contributed by atoms with E-state index in [2.05, 4.69) is 14.7 Å². The predicted molar refractivity (Wildman–Crippen MR) is 121 cm³/mol. The fraction of sp³-hybridized carbons (Fsp3) is 0.375. The van der Waals surface area contributed by atoms with Gasteiger partial charge in [0.1, 0.15) is 12.4 Å². The van der Waals surface area contributed by atoms with Gasteiger partial charge in [-0.25, -0.2) is 4.39 Å². The molecule has 0 spiro atoms. The Hall–Kier alpha value is -3.27. The number of aromatic nitrogens is 2. The molecule has 1 aliphatic heterocycles. The maximum Gasteiger partial charge on any atom is 0.573 e. The summed E-state index contributed by atoms with van der Waals surface area (Å²) >= 11 is 0. The molecule has 182 valence electrons. The SMILES string of the molecule is Cc1cc([C@@H]2CN(Cc3cccc(OC(F)(F)F)c3)c3ccccc3N2C[C@@H](O)CF)n(C)n1. The maximum atomic E-state index is 13.3. The summed E-state index contributed by atoms with van der Waals surface area (Å²) in [5.41, 5.74) is 4.00. The van der Waals surface area contributed by atoms with Crippen LogP contribution in [-0.4, -0.2) is 47.1 Å². The highest BCUT2D eigenvalue weighted by Gasteiger charge is 2.35. The molecule has 6 nitrogen and oxygen atoms in total. The first-order chi connectivity index (χ1) is 16.1. The largest absolute Gasteiger partial charge is 0.573 e. The molecule has 0 radical (unpaired) electrons. The molecule has 1 aliphatic rings. The number of aryl methyl sites for hydroxylation is 2. The second-order valence-electron chi connectivity index (χ2n) is 8.37. The van der Waals surface area contributed by atoms with Crippen molar-refractivity contribution in [2.75, 3.05) is 29.6 Å². The van der Waals surface area contributed by atoms with Crippen LogP contribution in [0.25, 0.3) is 0 Å². The van der Waals surface area contributed by atoms with E-state index in [4.69, 9.17) is 0 Å². The Labute approximate surface area is 195 Å². The van der Waals surface area contributed by atoms with Crippen molar-refractivity contribution < 1.29 is 27.4 Å². The Kier molecular flexibility index (Phi) is 6.70. The number of ether oxygens (including phenoxy) is 1.